The fourth-order valence-corrected chi connectivity index (χ4v) is 3.95. The molecule has 0 spiro atoms. The van der Waals surface area contributed by atoms with Crippen LogP contribution in [0.5, 0.6) is 0 Å². The lowest BCUT2D eigenvalue weighted by atomic mass is 9.74. The maximum Gasteiger partial charge on any atom is 0.253 e. The summed E-state index contributed by atoms with van der Waals surface area (Å²) in [5, 5.41) is 6.72. The van der Waals surface area contributed by atoms with Crippen LogP contribution in [0, 0.1) is 0 Å². The Morgan fingerprint density at radius 1 is 1.10 bits per heavy atom. The van der Waals surface area contributed by atoms with E-state index >= 15 is 0 Å². The van der Waals surface area contributed by atoms with E-state index in [0.29, 0.717) is 35.4 Å². The average molecular weight is 435 g/mol. The van der Waals surface area contributed by atoms with E-state index in [1.807, 2.05) is 24.3 Å². The summed E-state index contributed by atoms with van der Waals surface area (Å²) in [4.78, 5) is 25.1. The topological polar surface area (TPSA) is 67.4 Å². The second kappa shape index (κ2) is 9.61. The van der Waals surface area contributed by atoms with Gasteiger partial charge in [0.05, 0.1) is 10.6 Å². The third-order valence-electron chi connectivity index (χ3n) is 5.35. The van der Waals surface area contributed by atoms with E-state index in [1.165, 1.54) is 0 Å². The van der Waals surface area contributed by atoms with Gasteiger partial charge in [-0.25, -0.2) is 0 Å². The smallest absolute Gasteiger partial charge is 0.253 e. The lowest BCUT2D eigenvalue weighted by molar-refractivity contribution is -0.123. The van der Waals surface area contributed by atoms with Crippen molar-refractivity contribution in [3.8, 4) is 0 Å². The minimum atomic E-state index is -0.699. The Morgan fingerprint density at radius 2 is 1.83 bits per heavy atom. The zero-order valence-electron chi connectivity index (χ0n) is 16.2. The summed E-state index contributed by atoms with van der Waals surface area (Å²) in [5.74, 6) is -0.632. The SMILES string of the molecule is CC(NC(=O)c1ccccc1Cl)C(=O)NCC1(c2cccc(Cl)c2)CCOCC1. The molecule has 1 aliphatic rings. The summed E-state index contributed by atoms with van der Waals surface area (Å²) >= 11 is 12.3. The Morgan fingerprint density at radius 3 is 2.52 bits per heavy atom. The first kappa shape index (κ1) is 21.6. The van der Waals surface area contributed by atoms with Crippen LogP contribution < -0.4 is 10.6 Å². The highest BCUT2D eigenvalue weighted by atomic mass is 35.5. The van der Waals surface area contributed by atoms with E-state index in [0.717, 1.165) is 18.4 Å². The first-order valence-corrected chi connectivity index (χ1v) is 10.3. The standard InChI is InChI=1S/C22H24Cl2N2O3/c1-15(26-21(28)18-7-2-3-8-19(18)24)20(27)25-14-22(9-11-29-12-10-22)16-5-4-6-17(23)13-16/h2-8,13,15H,9-12,14H2,1H3,(H,25,27)(H,26,28). The molecule has 29 heavy (non-hydrogen) atoms. The number of hydrogen-bond donors (Lipinski definition) is 2. The molecule has 1 atom stereocenters. The third-order valence-corrected chi connectivity index (χ3v) is 5.91. The molecule has 1 heterocycles. The van der Waals surface area contributed by atoms with Crippen molar-refractivity contribution < 1.29 is 14.3 Å². The number of carbonyl (C=O) groups is 2. The predicted octanol–water partition coefficient (Wildman–Crippen LogP) is 3.98. The van der Waals surface area contributed by atoms with Crippen LogP contribution in [-0.2, 0) is 14.9 Å². The molecule has 3 rings (SSSR count). The second-order valence-electron chi connectivity index (χ2n) is 7.30. The van der Waals surface area contributed by atoms with Crippen LogP contribution in [0.2, 0.25) is 10.0 Å². The van der Waals surface area contributed by atoms with Gasteiger partial charge >= 0.3 is 0 Å². The van der Waals surface area contributed by atoms with Gasteiger partial charge in [0.1, 0.15) is 6.04 Å². The molecular weight excluding hydrogens is 411 g/mol. The van der Waals surface area contributed by atoms with E-state index in [2.05, 4.69) is 10.6 Å². The summed E-state index contributed by atoms with van der Waals surface area (Å²) in [6.45, 7) is 3.35. The molecule has 7 heteroatoms. The Balaban J connectivity index is 1.65. The van der Waals surface area contributed by atoms with E-state index in [-0.39, 0.29) is 17.2 Å². The fraction of sp³-hybridized carbons (Fsp3) is 0.364. The molecule has 1 saturated heterocycles. The van der Waals surface area contributed by atoms with Crippen LogP contribution in [0.4, 0.5) is 0 Å². The van der Waals surface area contributed by atoms with Crippen LogP contribution in [-0.4, -0.2) is 37.6 Å². The largest absolute Gasteiger partial charge is 0.381 e. The number of rotatable bonds is 6. The molecule has 0 radical (unpaired) electrons. The monoisotopic (exact) mass is 434 g/mol. The van der Waals surface area contributed by atoms with Gasteiger partial charge in [-0.3, -0.25) is 9.59 Å². The maximum absolute atomic E-state index is 12.7. The number of nitrogens with one attached hydrogen (secondary N) is 2. The average Bonchev–Trinajstić information content (AvgIpc) is 2.73. The molecule has 0 aliphatic carbocycles. The molecule has 5 nitrogen and oxygen atoms in total. The zero-order chi connectivity index (χ0) is 20.9. The Hall–Kier alpha value is -2.08. The zero-order valence-corrected chi connectivity index (χ0v) is 17.7. The molecule has 2 N–H and O–H groups in total. The number of halogens is 2. The molecule has 2 amide bonds. The summed E-state index contributed by atoms with van der Waals surface area (Å²) in [7, 11) is 0. The van der Waals surface area contributed by atoms with Gasteiger partial charge in [0.15, 0.2) is 0 Å². The van der Waals surface area contributed by atoms with Gasteiger partial charge in [0.2, 0.25) is 5.91 Å². The molecule has 0 saturated carbocycles. The highest BCUT2D eigenvalue weighted by molar-refractivity contribution is 6.33. The molecule has 1 fully saturated rings. The predicted molar refractivity (Wildman–Crippen MR) is 115 cm³/mol. The molecule has 1 aliphatic heterocycles. The van der Waals surface area contributed by atoms with Gasteiger partial charge in [-0.05, 0) is 49.6 Å². The maximum atomic E-state index is 12.7. The number of carbonyl (C=O) groups excluding carboxylic acids is 2. The molecular formula is C22H24Cl2N2O3. The van der Waals surface area contributed by atoms with Crippen molar-refractivity contribution in [3.63, 3.8) is 0 Å². The lowest BCUT2D eigenvalue weighted by Crippen LogP contribution is -2.50. The lowest BCUT2D eigenvalue weighted by Gasteiger charge is -2.38. The van der Waals surface area contributed by atoms with Gasteiger partial charge in [-0.15, -0.1) is 0 Å². The van der Waals surface area contributed by atoms with E-state index in [9.17, 15) is 9.59 Å². The molecule has 0 bridgehead atoms. The van der Waals surface area contributed by atoms with Crippen LogP contribution in [0.25, 0.3) is 0 Å². The second-order valence-corrected chi connectivity index (χ2v) is 8.14. The van der Waals surface area contributed by atoms with Crippen LogP contribution in [0.1, 0.15) is 35.7 Å². The summed E-state index contributed by atoms with van der Waals surface area (Å²) in [5.41, 5.74) is 1.18. The molecule has 1 unspecified atom stereocenters. The van der Waals surface area contributed by atoms with Crippen molar-refractivity contribution in [2.45, 2.75) is 31.2 Å². The van der Waals surface area contributed by atoms with Crippen molar-refractivity contribution in [1.29, 1.82) is 0 Å². The molecule has 2 aromatic carbocycles. The van der Waals surface area contributed by atoms with Gasteiger partial charge in [0, 0.05) is 30.2 Å². The molecule has 2 aromatic rings. The molecule has 0 aromatic heterocycles. The van der Waals surface area contributed by atoms with Gasteiger partial charge in [0.25, 0.3) is 5.91 Å². The number of amides is 2. The molecule has 154 valence electrons. The third kappa shape index (κ3) is 5.30. The normalized spacial score (nSPS) is 16.7. The van der Waals surface area contributed by atoms with Crippen LogP contribution in [0.15, 0.2) is 48.5 Å². The minimum Gasteiger partial charge on any atom is -0.381 e. The quantitative estimate of drug-likeness (QED) is 0.722. The number of ether oxygens (including phenoxy) is 1. The Bertz CT molecular complexity index is 882. The number of hydrogen-bond acceptors (Lipinski definition) is 3. The van der Waals surface area contributed by atoms with Crippen molar-refractivity contribution in [3.05, 3.63) is 69.7 Å². The van der Waals surface area contributed by atoms with Crippen molar-refractivity contribution >= 4 is 35.0 Å². The van der Waals surface area contributed by atoms with Gasteiger partial charge in [-0.2, -0.15) is 0 Å². The summed E-state index contributed by atoms with van der Waals surface area (Å²) in [6, 6.07) is 13.8. The highest BCUT2D eigenvalue weighted by Crippen LogP contribution is 2.35. The Labute approximate surface area is 180 Å². The van der Waals surface area contributed by atoms with E-state index in [4.69, 9.17) is 27.9 Å². The fourth-order valence-electron chi connectivity index (χ4n) is 3.54. The van der Waals surface area contributed by atoms with Gasteiger partial charge < -0.3 is 15.4 Å². The first-order chi connectivity index (χ1) is 13.9. The van der Waals surface area contributed by atoms with Crippen LogP contribution >= 0.6 is 23.2 Å². The van der Waals surface area contributed by atoms with Crippen molar-refractivity contribution in [2.24, 2.45) is 0 Å². The van der Waals surface area contributed by atoms with E-state index < -0.39 is 6.04 Å². The first-order valence-electron chi connectivity index (χ1n) is 9.58. The highest BCUT2D eigenvalue weighted by Gasteiger charge is 2.35. The summed E-state index contributed by atoms with van der Waals surface area (Å²) < 4.78 is 5.53. The minimum absolute atomic E-state index is 0.245. The van der Waals surface area contributed by atoms with Crippen molar-refractivity contribution in [2.75, 3.05) is 19.8 Å². The van der Waals surface area contributed by atoms with Crippen molar-refractivity contribution in [1.82, 2.24) is 10.6 Å². The number of benzene rings is 2. The van der Waals surface area contributed by atoms with Gasteiger partial charge in [-0.1, -0.05) is 47.5 Å². The summed E-state index contributed by atoms with van der Waals surface area (Å²) in [6.07, 6.45) is 1.57. The van der Waals surface area contributed by atoms with E-state index in [1.54, 1.807) is 31.2 Å². The Kier molecular flexibility index (Phi) is 7.17. The van der Waals surface area contributed by atoms with Crippen LogP contribution in [0.3, 0.4) is 0 Å².